The van der Waals surface area contributed by atoms with E-state index in [1.54, 1.807) is 24.4 Å². The number of anilines is 1. The summed E-state index contributed by atoms with van der Waals surface area (Å²) in [5.74, 6) is 1.58. The van der Waals surface area contributed by atoms with Gasteiger partial charge in [0.1, 0.15) is 35.9 Å². The number of halogens is 1. The summed E-state index contributed by atoms with van der Waals surface area (Å²) in [5, 5.41) is 17.1. The predicted molar refractivity (Wildman–Crippen MR) is 204 cm³/mol. The molecule has 2 aromatic heterocycles. The minimum atomic E-state index is -0.438. The number of carbonyl (C=O) groups excluding carboxylic acids is 2. The average Bonchev–Trinajstić information content (AvgIpc) is 3.77. The van der Waals surface area contributed by atoms with Gasteiger partial charge in [-0.15, -0.1) is 0 Å². The number of hydrogen-bond donors (Lipinski definition) is 1. The van der Waals surface area contributed by atoms with Gasteiger partial charge in [-0.3, -0.25) is 14.5 Å². The minimum absolute atomic E-state index is 0.0917. The van der Waals surface area contributed by atoms with E-state index in [4.69, 9.17) is 25.6 Å². The van der Waals surface area contributed by atoms with Gasteiger partial charge < -0.3 is 29.1 Å². The number of hydrogen-bond acceptors (Lipinski definition) is 10. The van der Waals surface area contributed by atoms with Crippen molar-refractivity contribution in [2.24, 2.45) is 10.8 Å². The molecule has 5 heterocycles. The number of fused-ring (bicyclic) bond motifs is 1. The van der Waals surface area contributed by atoms with Crippen LogP contribution in [0.15, 0.2) is 47.1 Å². The number of ether oxygens (including phenoxy) is 2. The molecule has 0 radical (unpaired) electrons. The Kier molecular flexibility index (Phi) is 10.7. The molecule has 288 valence electrons. The number of nitriles is 1. The maximum absolute atomic E-state index is 13.4. The predicted octanol–water partition coefficient (Wildman–Crippen LogP) is 6.19. The van der Waals surface area contributed by atoms with E-state index in [1.807, 2.05) is 30.0 Å². The van der Waals surface area contributed by atoms with Gasteiger partial charge in [0.25, 0.3) is 5.91 Å². The number of amides is 2. The average molecular weight is 758 g/mol. The second kappa shape index (κ2) is 15.2. The van der Waals surface area contributed by atoms with Gasteiger partial charge in [0.05, 0.1) is 27.9 Å². The summed E-state index contributed by atoms with van der Waals surface area (Å²) >= 11 is 6.24. The lowest BCUT2D eigenvalue weighted by molar-refractivity contribution is -0.174. The van der Waals surface area contributed by atoms with E-state index in [1.165, 1.54) is 0 Å². The van der Waals surface area contributed by atoms with Crippen LogP contribution >= 0.6 is 11.6 Å². The Morgan fingerprint density at radius 1 is 1.06 bits per heavy atom. The molecule has 7 rings (SSSR count). The van der Waals surface area contributed by atoms with Crippen LogP contribution in [0.5, 0.6) is 5.75 Å². The molecule has 1 N–H and O–H groups in total. The zero-order valence-corrected chi connectivity index (χ0v) is 32.9. The highest BCUT2D eigenvalue weighted by Crippen LogP contribution is 2.55. The molecule has 4 aliphatic rings. The van der Waals surface area contributed by atoms with Crippen LogP contribution in [0.2, 0.25) is 5.02 Å². The highest BCUT2D eigenvalue weighted by molar-refractivity contribution is 6.31. The Hall–Kier alpha value is -4.18. The van der Waals surface area contributed by atoms with Crippen molar-refractivity contribution >= 4 is 29.2 Å². The Morgan fingerprint density at radius 3 is 2.50 bits per heavy atom. The second-order valence-corrected chi connectivity index (χ2v) is 17.1. The Morgan fingerprint density at radius 2 is 1.81 bits per heavy atom. The topological polar surface area (TPSA) is 137 Å². The maximum Gasteiger partial charge on any atom is 0.253 e. The molecule has 0 spiro atoms. The second-order valence-electron chi connectivity index (χ2n) is 16.7. The molecule has 3 unspecified atom stereocenters. The van der Waals surface area contributed by atoms with Crippen molar-refractivity contribution < 1.29 is 23.6 Å². The minimum Gasteiger partial charge on any atom is -0.489 e. The fourth-order valence-electron chi connectivity index (χ4n) is 9.43. The van der Waals surface area contributed by atoms with E-state index in [9.17, 15) is 14.9 Å². The monoisotopic (exact) mass is 757 g/mol. The summed E-state index contributed by atoms with van der Waals surface area (Å²) in [7, 11) is 0. The smallest absolute Gasteiger partial charge is 0.253 e. The molecule has 1 aromatic carbocycles. The van der Waals surface area contributed by atoms with Crippen molar-refractivity contribution in [3.05, 3.63) is 70.2 Å². The third kappa shape index (κ3) is 7.30. The van der Waals surface area contributed by atoms with E-state index < -0.39 is 5.92 Å². The molecule has 12 nitrogen and oxygen atoms in total. The van der Waals surface area contributed by atoms with E-state index in [2.05, 4.69) is 65.9 Å². The normalized spacial score (nSPS) is 27.6. The number of aryl methyl sites for hydroxylation is 1. The zero-order valence-electron chi connectivity index (χ0n) is 32.2. The van der Waals surface area contributed by atoms with Gasteiger partial charge in [0, 0.05) is 67.4 Å². The number of unbranched alkanes of at least 4 members (excludes halogenated alkanes) is 1. The largest absolute Gasteiger partial charge is 0.489 e. The highest BCUT2D eigenvalue weighted by Gasteiger charge is 2.64. The van der Waals surface area contributed by atoms with Crippen molar-refractivity contribution in [1.29, 1.82) is 5.26 Å². The van der Waals surface area contributed by atoms with Crippen LogP contribution in [-0.4, -0.2) is 95.0 Å². The highest BCUT2D eigenvalue weighted by atomic mass is 35.5. The van der Waals surface area contributed by atoms with Crippen LogP contribution < -0.4 is 15.0 Å². The third-order valence-electron chi connectivity index (χ3n) is 12.2. The Bertz CT molecular complexity index is 1870. The van der Waals surface area contributed by atoms with Crippen molar-refractivity contribution in [2.75, 3.05) is 37.6 Å². The molecule has 3 aliphatic heterocycles. The third-order valence-corrected chi connectivity index (χ3v) is 12.5. The zero-order chi connectivity index (χ0) is 38.4. The number of aromatic nitrogens is 2. The van der Waals surface area contributed by atoms with Gasteiger partial charge in [-0.05, 0) is 76.8 Å². The first-order valence-electron chi connectivity index (χ1n) is 19.3. The van der Waals surface area contributed by atoms with Crippen molar-refractivity contribution in [3.8, 4) is 11.8 Å². The van der Waals surface area contributed by atoms with Crippen LogP contribution in [0.3, 0.4) is 0 Å². The van der Waals surface area contributed by atoms with E-state index >= 15 is 0 Å². The molecule has 4 fully saturated rings. The molecule has 2 amide bonds. The van der Waals surface area contributed by atoms with E-state index in [0.717, 1.165) is 76.3 Å². The van der Waals surface area contributed by atoms with Gasteiger partial charge in [-0.1, -0.05) is 44.5 Å². The summed E-state index contributed by atoms with van der Waals surface area (Å²) in [6, 6.07) is 13.0. The lowest BCUT2D eigenvalue weighted by Crippen LogP contribution is -2.74. The fourth-order valence-corrected chi connectivity index (χ4v) is 9.64. The number of benzene rings is 1. The molecular weight excluding hydrogens is 706 g/mol. The van der Waals surface area contributed by atoms with Crippen LogP contribution in [0.25, 0.3) is 0 Å². The van der Waals surface area contributed by atoms with Gasteiger partial charge in [-0.2, -0.15) is 5.26 Å². The molecule has 1 saturated carbocycles. The molecule has 54 heavy (non-hydrogen) atoms. The quantitative estimate of drug-likeness (QED) is 0.226. The summed E-state index contributed by atoms with van der Waals surface area (Å²) in [4.78, 5) is 38.0. The fraction of sp³-hybridized carbons (Fsp3) is 0.585. The van der Waals surface area contributed by atoms with Crippen LogP contribution in [0.1, 0.15) is 101 Å². The number of rotatable bonds is 11. The summed E-state index contributed by atoms with van der Waals surface area (Å²) in [5.41, 5.74) is 1.11. The molecule has 3 aromatic rings. The standard InChI is InChI=1S/C41H52ClN7O5/c1-25-10-15-34-49(25)37(51)35(26(2)52-34)32-21-29(46-54-32)9-7-8-16-47-17-19-48(20-18-47)33-14-12-28(24-44-33)36(50)45-38-40(3,4)39(41(38,5)6)53-30-13-11-27(23-43)31(42)22-30/h11-14,21-22,24-26,34-35,38-39H,7-10,15-20H2,1-6H3,(H,45,50)/t25-,26?,34?,35?,38-,39-/m1/s1. The van der Waals surface area contributed by atoms with Gasteiger partial charge in [-0.25, -0.2) is 4.98 Å². The molecule has 13 heteroatoms. The number of carbonyl (C=O) groups is 2. The SMILES string of the molecule is CC1OC2CC[C@@H](C)N2C(=O)C1c1cc(CCCCN2CCN(c3ccc(C(=O)N[C@H]4C(C)(C)[C@H](Oc5ccc(C#N)c(Cl)c5)C4(C)C)cn3)CC2)no1. The van der Waals surface area contributed by atoms with Gasteiger partial charge >= 0.3 is 0 Å². The molecule has 4 atom stereocenters. The number of pyridine rings is 1. The summed E-state index contributed by atoms with van der Waals surface area (Å²) < 4.78 is 18.2. The van der Waals surface area contributed by atoms with Gasteiger partial charge in [0.15, 0.2) is 5.76 Å². The van der Waals surface area contributed by atoms with Crippen molar-refractivity contribution in [2.45, 2.75) is 110 Å². The van der Waals surface area contributed by atoms with E-state index in [0.29, 0.717) is 27.7 Å². The van der Waals surface area contributed by atoms with Crippen molar-refractivity contribution in [3.63, 3.8) is 0 Å². The van der Waals surface area contributed by atoms with Crippen LogP contribution in [0, 0.1) is 22.2 Å². The lowest BCUT2D eigenvalue weighted by Gasteiger charge is -2.63. The number of nitrogens with zero attached hydrogens (tertiary/aromatic N) is 6. The van der Waals surface area contributed by atoms with Gasteiger partial charge in [0.2, 0.25) is 5.91 Å². The Labute approximate surface area is 323 Å². The van der Waals surface area contributed by atoms with Crippen molar-refractivity contribution in [1.82, 2.24) is 25.3 Å². The lowest BCUT2D eigenvalue weighted by atomic mass is 9.49. The number of nitrogens with one attached hydrogen (secondary N) is 1. The number of piperazine rings is 1. The molecule has 3 saturated heterocycles. The molecular formula is C41H52ClN7O5. The first kappa shape index (κ1) is 38.1. The van der Waals surface area contributed by atoms with Crippen LogP contribution in [0.4, 0.5) is 5.82 Å². The first-order valence-corrected chi connectivity index (χ1v) is 19.7. The van der Waals surface area contributed by atoms with E-state index in [-0.39, 0.29) is 53.2 Å². The summed E-state index contributed by atoms with van der Waals surface area (Å²) in [6.07, 6.45) is 5.85. The molecule has 0 bridgehead atoms. The molecule has 1 aliphatic carbocycles. The first-order chi connectivity index (χ1) is 25.8. The van der Waals surface area contributed by atoms with Crippen LogP contribution in [-0.2, 0) is 16.0 Å². The summed E-state index contributed by atoms with van der Waals surface area (Å²) in [6.45, 7) is 17.0. The maximum atomic E-state index is 13.4. The Balaban J connectivity index is 0.837.